The first kappa shape index (κ1) is 24.0. The van der Waals surface area contributed by atoms with Gasteiger partial charge in [-0.15, -0.1) is 0 Å². The second-order valence-corrected chi connectivity index (χ2v) is 9.49. The lowest BCUT2D eigenvalue weighted by atomic mass is 10.1. The maximum absolute atomic E-state index is 13.6. The fourth-order valence-electron chi connectivity index (χ4n) is 2.50. The Labute approximate surface area is 189 Å². The third-order valence-corrected chi connectivity index (χ3v) is 5.99. The van der Waals surface area contributed by atoms with Crippen LogP contribution < -0.4 is 20.5 Å². The summed E-state index contributed by atoms with van der Waals surface area (Å²) in [6.07, 6.45) is 0. The number of hydrogen-bond donors (Lipinski definition) is 4. The average Bonchev–Trinajstić information content (AvgIpc) is 3.33. The first-order valence-corrected chi connectivity index (χ1v) is 11.3. The minimum Gasteiger partial charge on any atom is -0.394 e. The number of hydrogen-bond acceptors (Lipinski definition) is 10. The molecule has 0 saturated carbocycles. The summed E-state index contributed by atoms with van der Waals surface area (Å²) in [6.45, 7) is 2.67. The molecule has 0 radical (unpaired) electrons. The number of rotatable bonds is 10. The van der Waals surface area contributed by atoms with Crippen LogP contribution in [-0.2, 0) is 10.2 Å². The zero-order chi connectivity index (χ0) is 23.5. The van der Waals surface area contributed by atoms with Gasteiger partial charge in [-0.3, -0.25) is 4.52 Å². The van der Waals surface area contributed by atoms with E-state index in [1.807, 2.05) is 0 Å². The van der Waals surface area contributed by atoms with Gasteiger partial charge in [0.05, 0.1) is 22.3 Å². The molecule has 32 heavy (non-hydrogen) atoms. The van der Waals surface area contributed by atoms with Crippen LogP contribution in [0.1, 0.15) is 13.8 Å². The molecule has 0 aliphatic heterocycles. The van der Waals surface area contributed by atoms with Gasteiger partial charge >= 0.3 is 5.76 Å². The number of halogens is 2. The highest BCUT2D eigenvalue weighted by atomic mass is 79.9. The van der Waals surface area contributed by atoms with Crippen molar-refractivity contribution in [3.8, 4) is 17.2 Å². The van der Waals surface area contributed by atoms with Crippen molar-refractivity contribution in [1.29, 1.82) is 0 Å². The molecule has 0 unspecified atom stereocenters. The molecule has 0 atom stereocenters. The monoisotopic (exact) mass is 535 g/mol. The van der Waals surface area contributed by atoms with Crippen LogP contribution in [0.4, 0.5) is 10.2 Å². The minimum atomic E-state index is -3.87. The first-order valence-electron chi connectivity index (χ1n) is 9.03. The van der Waals surface area contributed by atoms with Crippen LogP contribution in [0.2, 0.25) is 0 Å². The van der Waals surface area contributed by atoms with Gasteiger partial charge in [0.1, 0.15) is 5.82 Å². The number of nitrogens with zero attached hydrogens (tertiary/aromatic N) is 4. The van der Waals surface area contributed by atoms with Crippen molar-refractivity contribution in [3.63, 3.8) is 0 Å². The Kier molecular flexibility index (Phi) is 7.09. The summed E-state index contributed by atoms with van der Waals surface area (Å²) in [5.74, 6) is -1.37. The van der Waals surface area contributed by atoms with Crippen molar-refractivity contribution >= 4 is 32.0 Å². The van der Waals surface area contributed by atoms with Crippen LogP contribution in [0.5, 0.6) is 0 Å². The van der Waals surface area contributed by atoms with Gasteiger partial charge in [-0.05, 0) is 58.3 Å². The van der Waals surface area contributed by atoms with Gasteiger partial charge in [-0.2, -0.15) is 13.1 Å². The van der Waals surface area contributed by atoms with E-state index in [1.165, 1.54) is 26.0 Å². The molecule has 3 rings (SSSR count). The molecule has 0 amide bonds. The maximum Gasteiger partial charge on any atom is 0.446 e. The van der Waals surface area contributed by atoms with Crippen LogP contribution in [0.15, 0.2) is 36.6 Å². The predicted molar refractivity (Wildman–Crippen MR) is 113 cm³/mol. The van der Waals surface area contributed by atoms with E-state index in [1.54, 1.807) is 0 Å². The van der Waals surface area contributed by atoms with Crippen molar-refractivity contribution in [2.75, 3.05) is 25.0 Å². The number of anilines is 1. The highest BCUT2D eigenvalue weighted by Gasteiger charge is 2.25. The molecule has 3 aromatic rings. The molecule has 13 nitrogen and oxygen atoms in total. The standard InChI is InChI=1S/C16H19BrFN7O6S/c1-16(2,8-26)24-32(28,29)20-6-5-19-13-12(21-31-22-13)14-23-30-15(27)25(14)9-3-4-11(18)10(17)7-9/h3-4,7,20,24,26H,5-6,8H2,1-2H3,(H,19,22). The van der Waals surface area contributed by atoms with E-state index >= 15 is 0 Å². The van der Waals surface area contributed by atoms with Crippen LogP contribution >= 0.6 is 15.9 Å². The van der Waals surface area contributed by atoms with Crippen LogP contribution in [-0.4, -0.2) is 58.8 Å². The molecule has 2 aromatic heterocycles. The molecule has 174 valence electrons. The Balaban J connectivity index is 1.73. The Morgan fingerprint density at radius 1 is 1.25 bits per heavy atom. The quantitative estimate of drug-likeness (QED) is 0.265. The summed E-state index contributed by atoms with van der Waals surface area (Å²) >= 11 is 3.05. The number of aliphatic hydroxyl groups is 1. The van der Waals surface area contributed by atoms with E-state index in [0.29, 0.717) is 0 Å². The molecule has 2 heterocycles. The first-order chi connectivity index (χ1) is 15.0. The van der Waals surface area contributed by atoms with Gasteiger partial charge in [0.15, 0.2) is 5.69 Å². The highest BCUT2D eigenvalue weighted by Crippen LogP contribution is 2.26. The predicted octanol–water partition coefficient (Wildman–Crippen LogP) is 0.384. The summed E-state index contributed by atoms with van der Waals surface area (Å²) in [6, 6.07) is 3.85. The molecule has 4 N–H and O–H groups in total. The van der Waals surface area contributed by atoms with Gasteiger partial charge in [-0.1, -0.05) is 5.16 Å². The molecule has 0 fully saturated rings. The second kappa shape index (κ2) is 9.45. The fraction of sp³-hybridized carbons (Fsp3) is 0.375. The van der Waals surface area contributed by atoms with Crippen molar-refractivity contribution in [2.45, 2.75) is 19.4 Å². The highest BCUT2D eigenvalue weighted by molar-refractivity contribution is 9.10. The van der Waals surface area contributed by atoms with Crippen molar-refractivity contribution in [1.82, 2.24) is 29.5 Å². The Bertz CT molecular complexity index is 1260. The van der Waals surface area contributed by atoms with Crippen LogP contribution in [0.3, 0.4) is 0 Å². The molecule has 0 saturated heterocycles. The van der Waals surface area contributed by atoms with Gasteiger partial charge in [0.25, 0.3) is 10.2 Å². The van der Waals surface area contributed by atoms with Gasteiger partial charge in [0.2, 0.25) is 11.6 Å². The largest absolute Gasteiger partial charge is 0.446 e. The summed E-state index contributed by atoms with van der Waals surface area (Å²) in [5, 5.41) is 23.1. The summed E-state index contributed by atoms with van der Waals surface area (Å²) < 4.78 is 52.8. The molecule has 1 aromatic carbocycles. The lowest BCUT2D eigenvalue weighted by Gasteiger charge is -2.23. The van der Waals surface area contributed by atoms with E-state index in [0.717, 1.165) is 10.6 Å². The van der Waals surface area contributed by atoms with Crippen LogP contribution in [0.25, 0.3) is 17.2 Å². The van der Waals surface area contributed by atoms with Crippen molar-refractivity contribution in [2.24, 2.45) is 0 Å². The number of aliphatic hydroxyl groups excluding tert-OH is 1. The molecule has 0 aliphatic carbocycles. The smallest absolute Gasteiger partial charge is 0.394 e. The minimum absolute atomic E-state index is 0.0127. The number of nitrogens with one attached hydrogen (secondary N) is 3. The third-order valence-electron chi connectivity index (χ3n) is 3.98. The number of benzene rings is 1. The van der Waals surface area contributed by atoms with E-state index in [9.17, 15) is 22.7 Å². The summed E-state index contributed by atoms with van der Waals surface area (Å²) in [7, 11) is -3.87. The zero-order valence-electron chi connectivity index (χ0n) is 16.8. The van der Waals surface area contributed by atoms with E-state index < -0.39 is 27.3 Å². The maximum atomic E-state index is 13.6. The molecule has 0 bridgehead atoms. The van der Waals surface area contributed by atoms with Gasteiger partial charge < -0.3 is 10.4 Å². The van der Waals surface area contributed by atoms with E-state index in [4.69, 9.17) is 9.15 Å². The Hall–Kier alpha value is -2.66. The molecule has 0 spiro atoms. The van der Waals surface area contributed by atoms with Gasteiger partial charge in [0, 0.05) is 13.1 Å². The SMILES string of the molecule is CC(C)(CO)NS(=O)(=O)NCCNc1nonc1-c1noc(=O)n1-c1ccc(F)c(Br)c1. The lowest BCUT2D eigenvalue weighted by Crippen LogP contribution is -2.51. The topological polar surface area (TPSA) is 177 Å². The second-order valence-electron chi connectivity index (χ2n) is 7.14. The summed E-state index contributed by atoms with van der Waals surface area (Å²) in [5.41, 5.74) is -0.772. The Morgan fingerprint density at radius 3 is 2.69 bits per heavy atom. The molecule has 0 aliphatic rings. The molecule has 16 heteroatoms. The fourth-order valence-corrected chi connectivity index (χ4v) is 4.10. The number of aromatic nitrogens is 4. The normalized spacial score (nSPS) is 12.3. The average molecular weight is 536 g/mol. The molecular formula is C16H19BrFN7O6S. The van der Waals surface area contributed by atoms with Gasteiger partial charge in [-0.25, -0.2) is 23.1 Å². The van der Waals surface area contributed by atoms with Crippen LogP contribution in [0, 0.1) is 5.82 Å². The molecular weight excluding hydrogens is 517 g/mol. The lowest BCUT2D eigenvalue weighted by molar-refractivity contribution is 0.208. The zero-order valence-corrected chi connectivity index (χ0v) is 19.2. The Morgan fingerprint density at radius 2 is 2.00 bits per heavy atom. The summed E-state index contributed by atoms with van der Waals surface area (Å²) in [4.78, 5) is 12.2. The van der Waals surface area contributed by atoms with E-state index in [-0.39, 0.29) is 47.2 Å². The third kappa shape index (κ3) is 5.57. The van der Waals surface area contributed by atoms with E-state index in [2.05, 4.69) is 46.2 Å². The van der Waals surface area contributed by atoms with Crippen molar-refractivity contribution < 1.29 is 27.1 Å². The van der Waals surface area contributed by atoms with Crippen molar-refractivity contribution in [3.05, 3.63) is 39.0 Å².